The van der Waals surface area contributed by atoms with Crippen LogP contribution in [0.3, 0.4) is 0 Å². The minimum absolute atomic E-state index is 1.32. The van der Waals surface area contributed by atoms with Crippen molar-refractivity contribution in [2.75, 3.05) is 0 Å². The first-order valence-electron chi connectivity index (χ1n) is 3.67. The van der Waals surface area contributed by atoms with Gasteiger partial charge in [-0.1, -0.05) is 35.9 Å². The van der Waals surface area contributed by atoms with Crippen LogP contribution in [-0.2, 0) is 10.4 Å². The normalized spacial score (nSPS) is 8.94. The van der Waals surface area contributed by atoms with E-state index in [1.165, 1.54) is 5.56 Å². The molecule has 0 radical (unpaired) electrons. The van der Waals surface area contributed by atoms with Gasteiger partial charge in [-0.05, 0) is 6.92 Å². The average Bonchev–Trinajstić information content (AvgIpc) is 2.00. The van der Waals surface area contributed by atoms with Crippen LogP contribution in [-0.4, -0.2) is 27.8 Å². The van der Waals surface area contributed by atoms with Crippen LogP contribution in [0.4, 0.5) is 0 Å². The van der Waals surface area contributed by atoms with Crippen LogP contribution < -0.4 is 0 Å². The second-order valence-corrected chi connectivity index (χ2v) is 3.24. The van der Waals surface area contributed by atoms with Gasteiger partial charge in [-0.2, -0.15) is 8.42 Å². The Morgan fingerprint density at radius 2 is 1.44 bits per heavy atom. The van der Waals surface area contributed by atoms with Gasteiger partial charge < -0.3 is 5.21 Å². The molecule has 0 amide bonds. The van der Waals surface area contributed by atoms with E-state index in [4.69, 9.17) is 32.8 Å². The van der Waals surface area contributed by atoms with Crippen LogP contribution >= 0.6 is 0 Å². The van der Waals surface area contributed by atoms with Gasteiger partial charge in [-0.3, -0.25) is 9.11 Å². The monoisotopic (exact) mass is 253 g/mol. The lowest BCUT2D eigenvalue weighted by molar-refractivity contribution is -0.742. The topological polar surface area (TPSA) is 138 Å². The van der Waals surface area contributed by atoms with Gasteiger partial charge in [-0.25, -0.2) is 0 Å². The molecule has 0 saturated heterocycles. The maximum atomic E-state index is 8.74. The second-order valence-electron chi connectivity index (χ2n) is 2.34. The van der Waals surface area contributed by atoms with Gasteiger partial charge in [-0.15, -0.1) is 10.1 Å². The van der Waals surface area contributed by atoms with E-state index in [0.29, 0.717) is 0 Å². The summed E-state index contributed by atoms with van der Waals surface area (Å²) in [5.41, 5.74) is 1.32. The van der Waals surface area contributed by atoms with E-state index in [2.05, 4.69) is 19.1 Å². The molecule has 1 aromatic rings. The van der Waals surface area contributed by atoms with Gasteiger partial charge in [0.25, 0.3) is 5.09 Å². The van der Waals surface area contributed by atoms with Crippen molar-refractivity contribution in [3.63, 3.8) is 0 Å². The third kappa shape index (κ3) is 39.6. The minimum Gasteiger partial charge on any atom is -0.328 e. The highest BCUT2D eigenvalue weighted by molar-refractivity contribution is 7.79. The fourth-order valence-electron chi connectivity index (χ4n) is 0.534. The van der Waals surface area contributed by atoms with Crippen LogP contribution in [0.25, 0.3) is 0 Å². The highest BCUT2D eigenvalue weighted by Crippen LogP contribution is 1.92. The number of hydrogen-bond donors (Lipinski definition) is 3. The highest BCUT2D eigenvalue weighted by Gasteiger charge is 1.84. The van der Waals surface area contributed by atoms with Crippen molar-refractivity contribution in [1.82, 2.24) is 0 Å². The molecule has 0 aliphatic heterocycles. The largest absolute Gasteiger partial charge is 0.394 e. The molecule has 0 aliphatic rings. The van der Waals surface area contributed by atoms with Crippen LogP contribution in [0.1, 0.15) is 5.56 Å². The van der Waals surface area contributed by atoms with Gasteiger partial charge in [0.1, 0.15) is 0 Å². The van der Waals surface area contributed by atoms with Crippen molar-refractivity contribution in [3.8, 4) is 0 Å². The molecule has 0 atom stereocenters. The lowest BCUT2D eigenvalue weighted by Crippen LogP contribution is -1.89. The van der Waals surface area contributed by atoms with Crippen LogP contribution in [0, 0.1) is 17.0 Å². The minimum atomic E-state index is -4.67. The molecule has 3 N–H and O–H groups in total. The summed E-state index contributed by atoms with van der Waals surface area (Å²) in [5.74, 6) is 0. The van der Waals surface area contributed by atoms with E-state index < -0.39 is 15.5 Å². The van der Waals surface area contributed by atoms with Crippen molar-refractivity contribution in [2.24, 2.45) is 0 Å². The van der Waals surface area contributed by atoms with Crippen molar-refractivity contribution in [3.05, 3.63) is 46.0 Å². The molecular weight excluding hydrogens is 242 g/mol. The molecule has 0 fully saturated rings. The Morgan fingerprint density at radius 3 is 1.56 bits per heavy atom. The van der Waals surface area contributed by atoms with E-state index >= 15 is 0 Å². The predicted octanol–water partition coefficient (Wildman–Crippen LogP) is 0.995. The van der Waals surface area contributed by atoms with Crippen molar-refractivity contribution >= 4 is 10.4 Å². The third-order valence-corrected chi connectivity index (χ3v) is 0.940. The summed E-state index contributed by atoms with van der Waals surface area (Å²) in [6, 6.07) is 10.3. The molecule has 0 bridgehead atoms. The molecule has 9 heteroatoms. The van der Waals surface area contributed by atoms with Gasteiger partial charge in [0, 0.05) is 0 Å². The van der Waals surface area contributed by atoms with E-state index in [1.807, 2.05) is 18.2 Å². The first kappa shape index (κ1) is 16.7. The van der Waals surface area contributed by atoms with Gasteiger partial charge in [0.15, 0.2) is 0 Å². The molecule has 0 unspecified atom stereocenters. The fraction of sp³-hybridized carbons (Fsp3) is 0.143. The zero-order chi connectivity index (χ0) is 13.2. The molecule has 0 spiro atoms. The Hall–Kier alpha value is -1.71. The summed E-state index contributed by atoms with van der Waals surface area (Å²) < 4.78 is 31.6. The van der Waals surface area contributed by atoms with E-state index in [1.54, 1.807) is 0 Å². The highest BCUT2D eigenvalue weighted by atomic mass is 32.3. The van der Waals surface area contributed by atoms with E-state index in [0.717, 1.165) is 0 Å². The van der Waals surface area contributed by atoms with Crippen molar-refractivity contribution in [1.29, 1.82) is 0 Å². The number of hydrogen-bond acceptors (Lipinski definition) is 4. The van der Waals surface area contributed by atoms with Crippen molar-refractivity contribution in [2.45, 2.75) is 6.92 Å². The smallest absolute Gasteiger partial charge is 0.328 e. The molecule has 0 aromatic heterocycles. The SMILES string of the molecule is Cc1ccccc1.O=S(=O)(O)O.O=[N+]([O-])O. The summed E-state index contributed by atoms with van der Waals surface area (Å²) in [5, 5.41) is 13.6. The third-order valence-electron chi connectivity index (χ3n) is 0.940. The predicted molar refractivity (Wildman–Crippen MR) is 54.1 cm³/mol. The number of benzene rings is 1. The number of rotatable bonds is 0. The van der Waals surface area contributed by atoms with Crippen LogP contribution in [0.2, 0.25) is 0 Å². The van der Waals surface area contributed by atoms with E-state index in [9.17, 15) is 0 Å². The maximum Gasteiger partial charge on any atom is 0.394 e. The Morgan fingerprint density at radius 1 is 1.19 bits per heavy atom. The summed E-state index contributed by atoms with van der Waals surface area (Å²) in [6.07, 6.45) is 0. The van der Waals surface area contributed by atoms with Gasteiger partial charge >= 0.3 is 10.4 Å². The second kappa shape index (κ2) is 8.59. The zero-order valence-electron chi connectivity index (χ0n) is 8.22. The zero-order valence-corrected chi connectivity index (χ0v) is 9.03. The first-order valence-corrected chi connectivity index (χ1v) is 5.07. The molecule has 8 nitrogen and oxygen atoms in total. The Balaban J connectivity index is 0. The summed E-state index contributed by atoms with van der Waals surface area (Å²) in [4.78, 5) is 8.36. The quantitative estimate of drug-likeness (QED) is 0.356. The molecule has 0 saturated carbocycles. The van der Waals surface area contributed by atoms with Crippen molar-refractivity contribution < 1.29 is 27.8 Å². The lowest BCUT2D eigenvalue weighted by atomic mass is 10.2. The lowest BCUT2D eigenvalue weighted by Gasteiger charge is -1.82. The summed E-state index contributed by atoms with van der Waals surface area (Å²) in [7, 11) is -4.67. The Labute approximate surface area is 91.8 Å². The van der Waals surface area contributed by atoms with Crippen LogP contribution in [0.5, 0.6) is 0 Å². The number of aryl methyl sites for hydroxylation is 1. The van der Waals surface area contributed by atoms with Crippen LogP contribution in [0.15, 0.2) is 30.3 Å². The standard InChI is InChI=1S/C7H8.HNO3.H2O4S/c1-7-5-3-2-4-6-7;2-1(3)4;1-5(2,3)4/h2-6H,1H3;(H,2,3,4);(H2,1,2,3,4). The molecule has 1 rings (SSSR count). The van der Waals surface area contributed by atoms with Gasteiger partial charge in [0.05, 0.1) is 0 Å². The Kier molecular flexibility index (Phi) is 8.97. The number of nitrogens with zero attached hydrogens (tertiary/aromatic N) is 1. The molecule has 92 valence electrons. The summed E-state index contributed by atoms with van der Waals surface area (Å²) >= 11 is 0. The Bertz CT molecular complexity index is 376. The van der Waals surface area contributed by atoms with E-state index in [-0.39, 0.29) is 0 Å². The fourth-order valence-corrected chi connectivity index (χ4v) is 0.534. The molecule has 1 aromatic carbocycles. The average molecular weight is 253 g/mol. The molecular formula is C7H11NO7S. The molecule has 0 aliphatic carbocycles. The first-order chi connectivity index (χ1) is 7.13. The maximum absolute atomic E-state index is 8.74. The molecule has 0 heterocycles. The van der Waals surface area contributed by atoms with Gasteiger partial charge in [0.2, 0.25) is 0 Å². The summed E-state index contributed by atoms with van der Waals surface area (Å²) in [6.45, 7) is 2.08. The molecule has 16 heavy (non-hydrogen) atoms.